The first-order valence-electron chi connectivity index (χ1n) is 7.47. The fourth-order valence-corrected chi connectivity index (χ4v) is 2.41. The van der Waals surface area contributed by atoms with Gasteiger partial charge in [0.15, 0.2) is 0 Å². The van der Waals surface area contributed by atoms with Crippen LogP contribution in [0.1, 0.15) is 19.0 Å². The number of carbonyl (C=O) groups excluding carboxylic acids is 1. The average molecular weight is 331 g/mol. The number of carbonyl (C=O) groups is 1. The molecule has 0 unspecified atom stereocenters. The van der Waals surface area contributed by atoms with E-state index in [1.165, 1.54) is 4.90 Å². The zero-order valence-electron chi connectivity index (χ0n) is 13.2. The van der Waals surface area contributed by atoms with Crippen molar-refractivity contribution in [3.8, 4) is 0 Å². The van der Waals surface area contributed by atoms with Gasteiger partial charge in [-0.1, -0.05) is 0 Å². The van der Waals surface area contributed by atoms with E-state index in [0.717, 1.165) is 12.2 Å². The third-order valence-corrected chi connectivity index (χ3v) is 3.47. The summed E-state index contributed by atoms with van der Waals surface area (Å²) >= 11 is 0. The van der Waals surface area contributed by atoms with Crippen molar-refractivity contribution in [2.24, 2.45) is 0 Å². The topological polar surface area (TPSA) is 61.4 Å². The lowest BCUT2D eigenvalue weighted by atomic mass is 10.3. The van der Waals surface area contributed by atoms with E-state index in [1.807, 2.05) is 24.8 Å². The molecule has 2 rings (SSSR count). The molecule has 0 spiro atoms. The van der Waals surface area contributed by atoms with Gasteiger partial charge < -0.3 is 15.1 Å². The summed E-state index contributed by atoms with van der Waals surface area (Å²) in [6.07, 6.45) is -5.87. The Kier molecular flexibility index (Phi) is 5.27. The van der Waals surface area contributed by atoms with Crippen LogP contribution in [0.25, 0.3) is 0 Å². The second-order valence-corrected chi connectivity index (χ2v) is 5.38. The van der Waals surface area contributed by atoms with Crippen LogP contribution in [0, 0.1) is 6.92 Å². The molecule has 23 heavy (non-hydrogen) atoms. The Labute approximate surface area is 132 Å². The van der Waals surface area contributed by atoms with E-state index in [9.17, 15) is 18.0 Å². The summed E-state index contributed by atoms with van der Waals surface area (Å²) in [5, 5.41) is 3.11. The number of aryl methyl sites for hydroxylation is 1. The number of nitrogens with zero attached hydrogens (tertiary/aromatic N) is 4. The predicted octanol–water partition coefficient (Wildman–Crippen LogP) is 1.82. The summed E-state index contributed by atoms with van der Waals surface area (Å²) in [6.45, 7) is 5.86. The van der Waals surface area contributed by atoms with Gasteiger partial charge in [-0.15, -0.1) is 0 Å². The first-order chi connectivity index (χ1) is 10.8. The second kappa shape index (κ2) is 7.01. The first kappa shape index (κ1) is 17.3. The SMILES string of the molecule is CCNc1cc(C)nc(N2CCN(C(=O)CC(F)(F)F)CC2)n1. The molecule has 1 aromatic heterocycles. The van der Waals surface area contributed by atoms with Crippen LogP contribution in [0.2, 0.25) is 0 Å². The monoisotopic (exact) mass is 331 g/mol. The highest BCUT2D eigenvalue weighted by Crippen LogP contribution is 2.22. The van der Waals surface area contributed by atoms with Crippen molar-refractivity contribution in [2.45, 2.75) is 26.4 Å². The Bertz CT molecular complexity index is 556. The lowest BCUT2D eigenvalue weighted by Crippen LogP contribution is -2.50. The van der Waals surface area contributed by atoms with Gasteiger partial charge in [-0.3, -0.25) is 4.79 Å². The molecule has 0 aliphatic carbocycles. The zero-order chi connectivity index (χ0) is 17.0. The molecule has 0 aromatic carbocycles. The highest BCUT2D eigenvalue weighted by Gasteiger charge is 2.34. The predicted molar refractivity (Wildman–Crippen MR) is 80.4 cm³/mol. The number of hydrogen-bond acceptors (Lipinski definition) is 5. The van der Waals surface area contributed by atoms with Gasteiger partial charge in [-0.05, 0) is 13.8 Å². The van der Waals surface area contributed by atoms with Crippen molar-refractivity contribution in [2.75, 3.05) is 42.9 Å². The van der Waals surface area contributed by atoms with E-state index < -0.39 is 18.5 Å². The van der Waals surface area contributed by atoms with Crippen LogP contribution < -0.4 is 10.2 Å². The summed E-state index contributed by atoms with van der Waals surface area (Å²) in [4.78, 5) is 23.5. The summed E-state index contributed by atoms with van der Waals surface area (Å²) in [5.74, 6) is 0.366. The lowest BCUT2D eigenvalue weighted by molar-refractivity contribution is -0.161. The number of hydrogen-bond donors (Lipinski definition) is 1. The van der Waals surface area contributed by atoms with Crippen LogP contribution in [0.4, 0.5) is 24.9 Å². The first-order valence-corrected chi connectivity index (χ1v) is 7.47. The number of nitrogens with one attached hydrogen (secondary N) is 1. The van der Waals surface area contributed by atoms with Crippen LogP contribution in [0.15, 0.2) is 6.07 Å². The highest BCUT2D eigenvalue weighted by atomic mass is 19.4. The number of alkyl halides is 3. The Morgan fingerprint density at radius 1 is 1.26 bits per heavy atom. The molecule has 1 N–H and O–H groups in total. The van der Waals surface area contributed by atoms with Crippen molar-refractivity contribution in [1.29, 1.82) is 0 Å². The van der Waals surface area contributed by atoms with Gasteiger partial charge in [-0.25, -0.2) is 4.98 Å². The molecule has 0 atom stereocenters. The van der Waals surface area contributed by atoms with Gasteiger partial charge in [0.25, 0.3) is 0 Å². The molecular weight excluding hydrogens is 311 g/mol. The summed E-state index contributed by atoms with van der Waals surface area (Å²) in [7, 11) is 0. The number of amides is 1. The van der Waals surface area contributed by atoms with Gasteiger partial charge in [-0.2, -0.15) is 18.2 Å². The van der Waals surface area contributed by atoms with Crippen molar-refractivity contribution >= 4 is 17.7 Å². The third-order valence-electron chi connectivity index (χ3n) is 3.47. The molecule has 1 aliphatic heterocycles. The van der Waals surface area contributed by atoms with Gasteiger partial charge in [0.2, 0.25) is 11.9 Å². The van der Waals surface area contributed by atoms with Gasteiger partial charge in [0.1, 0.15) is 12.2 Å². The Morgan fingerprint density at radius 2 is 1.91 bits per heavy atom. The molecule has 2 heterocycles. The Morgan fingerprint density at radius 3 is 2.48 bits per heavy atom. The molecule has 0 bridgehead atoms. The molecule has 0 radical (unpaired) electrons. The van der Waals surface area contributed by atoms with Crippen molar-refractivity contribution in [3.05, 3.63) is 11.8 Å². The molecule has 9 heteroatoms. The molecule has 1 aromatic rings. The average Bonchev–Trinajstić information content (AvgIpc) is 2.45. The van der Waals surface area contributed by atoms with E-state index in [1.54, 1.807) is 0 Å². The number of anilines is 2. The fraction of sp³-hybridized carbons (Fsp3) is 0.643. The van der Waals surface area contributed by atoms with E-state index in [2.05, 4.69) is 15.3 Å². The summed E-state index contributed by atoms with van der Waals surface area (Å²) in [5.41, 5.74) is 0.807. The van der Waals surface area contributed by atoms with Gasteiger partial charge in [0.05, 0.1) is 0 Å². The Hall–Kier alpha value is -2.06. The van der Waals surface area contributed by atoms with Crippen molar-refractivity contribution < 1.29 is 18.0 Å². The fourth-order valence-electron chi connectivity index (χ4n) is 2.41. The van der Waals surface area contributed by atoms with E-state index in [-0.39, 0.29) is 13.1 Å². The standard InChI is InChI=1S/C14H20F3N5O/c1-3-18-11-8-10(2)19-13(20-11)22-6-4-21(5-7-22)12(23)9-14(15,16)17/h8H,3-7,9H2,1-2H3,(H,18,19,20). The number of aromatic nitrogens is 2. The molecule has 1 amide bonds. The highest BCUT2D eigenvalue weighted by molar-refractivity contribution is 5.77. The summed E-state index contributed by atoms with van der Waals surface area (Å²) in [6, 6.07) is 1.83. The van der Waals surface area contributed by atoms with Gasteiger partial charge in [0, 0.05) is 44.5 Å². The summed E-state index contributed by atoms with van der Waals surface area (Å²) < 4.78 is 36.8. The van der Waals surface area contributed by atoms with E-state index in [0.29, 0.717) is 24.9 Å². The molecular formula is C14H20F3N5O. The minimum atomic E-state index is -4.46. The normalized spacial score (nSPS) is 15.7. The smallest absolute Gasteiger partial charge is 0.370 e. The molecule has 128 valence electrons. The largest absolute Gasteiger partial charge is 0.397 e. The Balaban J connectivity index is 1.98. The molecule has 1 saturated heterocycles. The quantitative estimate of drug-likeness (QED) is 0.912. The van der Waals surface area contributed by atoms with Crippen LogP contribution in [-0.2, 0) is 4.79 Å². The maximum Gasteiger partial charge on any atom is 0.397 e. The van der Waals surface area contributed by atoms with Crippen LogP contribution in [0.3, 0.4) is 0 Å². The second-order valence-electron chi connectivity index (χ2n) is 5.38. The minimum Gasteiger partial charge on any atom is -0.370 e. The van der Waals surface area contributed by atoms with Crippen molar-refractivity contribution in [1.82, 2.24) is 14.9 Å². The number of halogens is 3. The van der Waals surface area contributed by atoms with Crippen LogP contribution in [-0.4, -0.2) is 59.7 Å². The van der Waals surface area contributed by atoms with Crippen molar-refractivity contribution in [3.63, 3.8) is 0 Å². The van der Waals surface area contributed by atoms with E-state index in [4.69, 9.17) is 0 Å². The number of rotatable bonds is 4. The molecule has 1 aliphatic rings. The van der Waals surface area contributed by atoms with Gasteiger partial charge >= 0.3 is 6.18 Å². The maximum absolute atomic E-state index is 12.3. The zero-order valence-corrected chi connectivity index (χ0v) is 13.2. The third kappa shape index (κ3) is 4.97. The molecule has 6 nitrogen and oxygen atoms in total. The minimum absolute atomic E-state index is 0.239. The van der Waals surface area contributed by atoms with Crippen LogP contribution >= 0.6 is 0 Å². The molecule has 0 saturated carbocycles. The van der Waals surface area contributed by atoms with Crippen LogP contribution in [0.5, 0.6) is 0 Å². The van der Waals surface area contributed by atoms with E-state index >= 15 is 0 Å². The molecule has 1 fully saturated rings. The number of piperazine rings is 1. The lowest BCUT2D eigenvalue weighted by Gasteiger charge is -2.35. The maximum atomic E-state index is 12.3.